The minimum Gasteiger partial charge on any atom is -0.515 e. The van der Waals surface area contributed by atoms with Crippen molar-refractivity contribution in [1.29, 1.82) is 0 Å². The summed E-state index contributed by atoms with van der Waals surface area (Å²) in [6.45, 7) is 0. The summed E-state index contributed by atoms with van der Waals surface area (Å²) in [5, 5.41) is 17.8. The Bertz CT molecular complexity index is 543. The zero-order valence-corrected chi connectivity index (χ0v) is 10.2. The van der Waals surface area contributed by atoms with Crippen molar-refractivity contribution in [1.82, 2.24) is 0 Å². The van der Waals surface area contributed by atoms with Crippen LogP contribution in [-0.2, 0) is 19.2 Å². The summed E-state index contributed by atoms with van der Waals surface area (Å²) in [6, 6.07) is 2.76. The molecule has 0 aliphatic carbocycles. The molecule has 0 saturated heterocycles. The van der Waals surface area contributed by atoms with E-state index in [-0.39, 0.29) is 33.5 Å². The van der Waals surface area contributed by atoms with Crippen LogP contribution in [0.4, 0.5) is 0 Å². The highest BCUT2D eigenvalue weighted by atomic mass is 32.1. The molecule has 0 aliphatic rings. The van der Waals surface area contributed by atoms with Gasteiger partial charge in [0.1, 0.15) is 0 Å². The van der Waals surface area contributed by atoms with E-state index in [0.29, 0.717) is 12.5 Å². The topological polar surface area (TPSA) is 109 Å². The van der Waals surface area contributed by atoms with E-state index in [0.717, 1.165) is 11.3 Å². The molecule has 0 bridgehead atoms. The zero-order chi connectivity index (χ0) is 14.4. The molecule has 1 aromatic rings. The number of hydrogen-bond donors (Lipinski definition) is 2. The number of aliphatic hydroxyl groups excluding tert-OH is 2. The number of aldehydes is 2. The third-order valence-electron chi connectivity index (χ3n) is 2.14. The van der Waals surface area contributed by atoms with Gasteiger partial charge in [-0.3, -0.25) is 19.2 Å². The Hall–Kier alpha value is -2.54. The number of hydrogen-bond acceptors (Lipinski definition) is 7. The maximum absolute atomic E-state index is 11.2. The van der Waals surface area contributed by atoms with Crippen molar-refractivity contribution in [3.05, 3.63) is 34.4 Å². The molecule has 1 rings (SSSR count). The van der Waals surface area contributed by atoms with Crippen molar-refractivity contribution in [2.45, 2.75) is 0 Å². The number of allylic oxidation sites excluding steroid dienone is 2. The first-order valence-electron chi connectivity index (χ1n) is 4.87. The van der Waals surface area contributed by atoms with E-state index < -0.39 is 11.6 Å². The second-order valence-electron chi connectivity index (χ2n) is 3.21. The van der Waals surface area contributed by atoms with Crippen molar-refractivity contribution >= 4 is 46.6 Å². The van der Waals surface area contributed by atoms with E-state index in [2.05, 4.69) is 0 Å². The largest absolute Gasteiger partial charge is 0.515 e. The third kappa shape index (κ3) is 3.02. The molecule has 0 aliphatic heterocycles. The SMILES string of the molecule is O=CC(=O)C(=CO)c1ccc(C(=CO)C(=O)C=O)s1. The molecule has 7 heteroatoms. The van der Waals surface area contributed by atoms with Crippen LogP contribution in [0.1, 0.15) is 9.75 Å². The van der Waals surface area contributed by atoms with Gasteiger partial charge in [0.15, 0.2) is 12.6 Å². The molecule has 0 fully saturated rings. The predicted octanol–water partition coefficient (Wildman–Crippen LogP) is 1.08. The predicted molar refractivity (Wildman–Crippen MR) is 67.7 cm³/mol. The Morgan fingerprint density at radius 2 is 1.26 bits per heavy atom. The molecular formula is C12H8O6S. The van der Waals surface area contributed by atoms with Gasteiger partial charge in [-0.15, -0.1) is 11.3 Å². The molecule has 6 nitrogen and oxygen atoms in total. The molecular weight excluding hydrogens is 272 g/mol. The van der Waals surface area contributed by atoms with Crippen LogP contribution in [0.5, 0.6) is 0 Å². The normalized spacial score (nSPS) is 12.0. The lowest BCUT2D eigenvalue weighted by atomic mass is 10.1. The highest BCUT2D eigenvalue weighted by Crippen LogP contribution is 2.29. The molecule has 0 unspecified atom stereocenters. The van der Waals surface area contributed by atoms with E-state index in [9.17, 15) is 19.2 Å². The van der Waals surface area contributed by atoms with Gasteiger partial charge in [0.2, 0.25) is 11.6 Å². The van der Waals surface area contributed by atoms with Gasteiger partial charge in [-0.05, 0) is 12.1 Å². The maximum atomic E-state index is 11.2. The zero-order valence-electron chi connectivity index (χ0n) is 9.40. The van der Waals surface area contributed by atoms with Crippen molar-refractivity contribution in [3.8, 4) is 0 Å². The molecule has 19 heavy (non-hydrogen) atoms. The molecule has 0 radical (unpaired) electrons. The molecule has 0 aromatic carbocycles. The Morgan fingerprint density at radius 1 is 0.895 bits per heavy atom. The van der Waals surface area contributed by atoms with Crippen molar-refractivity contribution < 1.29 is 29.4 Å². The standard InChI is InChI=1S/C12H8O6S/c13-3-7(9(17)5-15)11-1-2-12(19-11)8(4-14)10(18)6-16/h1-6,13-14H. The average Bonchev–Trinajstić information content (AvgIpc) is 2.89. The summed E-state index contributed by atoms with van der Waals surface area (Å²) in [7, 11) is 0. The monoisotopic (exact) mass is 280 g/mol. The van der Waals surface area contributed by atoms with E-state index in [1.54, 1.807) is 0 Å². The summed E-state index contributed by atoms with van der Waals surface area (Å²) in [5.41, 5.74) is -0.468. The van der Waals surface area contributed by atoms with Crippen LogP contribution in [0.2, 0.25) is 0 Å². The second kappa shape index (κ2) is 6.41. The number of carbonyl (C=O) groups is 4. The molecule has 98 valence electrons. The highest BCUT2D eigenvalue weighted by Gasteiger charge is 2.18. The molecule has 2 N–H and O–H groups in total. The van der Waals surface area contributed by atoms with Crippen LogP contribution in [-0.4, -0.2) is 34.4 Å². The first kappa shape index (κ1) is 14.5. The summed E-state index contributed by atoms with van der Waals surface area (Å²) in [6.07, 6.45) is 1.05. The Labute approximate surface area is 111 Å². The third-order valence-corrected chi connectivity index (χ3v) is 3.29. The summed E-state index contributed by atoms with van der Waals surface area (Å²) >= 11 is 0.870. The number of aliphatic hydroxyl groups is 2. The fraction of sp³-hybridized carbons (Fsp3) is 0. The first-order valence-corrected chi connectivity index (χ1v) is 5.69. The summed E-state index contributed by atoms with van der Waals surface area (Å²) in [4.78, 5) is 43.6. The van der Waals surface area contributed by atoms with Crippen LogP contribution in [0, 0.1) is 0 Å². The summed E-state index contributed by atoms with van der Waals surface area (Å²) in [5.74, 6) is -1.85. The lowest BCUT2D eigenvalue weighted by Crippen LogP contribution is -2.02. The van der Waals surface area contributed by atoms with Gasteiger partial charge in [0.25, 0.3) is 0 Å². The number of thiophene rings is 1. The number of Topliss-reactive ketones (excluding diaryl/α,β-unsaturated/α-hetero) is 2. The number of rotatable bonds is 6. The van der Waals surface area contributed by atoms with Gasteiger partial charge < -0.3 is 10.2 Å². The van der Waals surface area contributed by atoms with Gasteiger partial charge in [-0.2, -0.15) is 0 Å². The lowest BCUT2D eigenvalue weighted by Gasteiger charge is -1.97. The Morgan fingerprint density at radius 3 is 1.53 bits per heavy atom. The number of carbonyl (C=O) groups excluding carboxylic acids is 4. The Kier molecular flexibility index (Phi) is 4.90. The molecule has 0 amide bonds. The van der Waals surface area contributed by atoms with Crippen LogP contribution < -0.4 is 0 Å². The minimum absolute atomic E-state index is 0.0425. The Balaban J connectivity index is 3.19. The molecule has 0 atom stereocenters. The minimum atomic E-state index is -0.924. The second-order valence-corrected chi connectivity index (χ2v) is 4.30. The van der Waals surface area contributed by atoms with Crippen molar-refractivity contribution in [2.24, 2.45) is 0 Å². The molecule has 0 saturated carbocycles. The fourth-order valence-electron chi connectivity index (χ4n) is 1.25. The van der Waals surface area contributed by atoms with E-state index >= 15 is 0 Å². The van der Waals surface area contributed by atoms with Gasteiger partial charge in [0.05, 0.1) is 23.7 Å². The van der Waals surface area contributed by atoms with E-state index in [4.69, 9.17) is 10.2 Å². The van der Waals surface area contributed by atoms with Crippen LogP contribution in [0.3, 0.4) is 0 Å². The first-order chi connectivity index (χ1) is 9.08. The van der Waals surface area contributed by atoms with Crippen molar-refractivity contribution in [3.63, 3.8) is 0 Å². The summed E-state index contributed by atoms with van der Waals surface area (Å²) < 4.78 is 0. The molecule has 0 spiro atoms. The van der Waals surface area contributed by atoms with Gasteiger partial charge in [-0.1, -0.05) is 0 Å². The smallest absolute Gasteiger partial charge is 0.229 e. The van der Waals surface area contributed by atoms with Gasteiger partial charge >= 0.3 is 0 Å². The van der Waals surface area contributed by atoms with Crippen molar-refractivity contribution in [2.75, 3.05) is 0 Å². The van der Waals surface area contributed by atoms with Gasteiger partial charge in [0, 0.05) is 9.75 Å². The van der Waals surface area contributed by atoms with Crippen LogP contribution in [0.15, 0.2) is 24.7 Å². The van der Waals surface area contributed by atoms with E-state index in [1.165, 1.54) is 12.1 Å². The van der Waals surface area contributed by atoms with Crippen LogP contribution in [0.25, 0.3) is 11.1 Å². The molecule has 1 heterocycles. The van der Waals surface area contributed by atoms with E-state index in [1.807, 2.05) is 0 Å². The lowest BCUT2D eigenvalue weighted by molar-refractivity contribution is -0.126. The highest BCUT2D eigenvalue weighted by molar-refractivity contribution is 7.15. The van der Waals surface area contributed by atoms with Crippen LogP contribution >= 0.6 is 11.3 Å². The quantitative estimate of drug-likeness (QED) is 0.349. The maximum Gasteiger partial charge on any atom is 0.229 e. The average molecular weight is 280 g/mol. The molecule has 1 aromatic heterocycles. The van der Waals surface area contributed by atoms with Gasteiger partial charge in [-0.25, -0.2) is 0 Å². The number of ketones is 2. The fourth-order valence-corrected chi connectivity index (χ4v) is 2.29.